The second-order valence-corrected chi connectivity index (χ2v) is 5.95. The minimum atomic E-state index is -0.0869. The molecular formula is C17H20N2O2S. The summed E-state index contributed by atoms with van der Waals surface area (Å²) in [5.74, 6) is -0.116. The molecule has 0 saturated heterocycles. The molecule has 4 nitrogen and oxygen atoms in total. The molecule has 0 aliphatic heterocycles. The lowest BCUT2D eigenvalue weighted by molar-refractivity contribution is -0.116. The molecule has 2 rings (SSSR count). The van der Waals surface area contributed by atoms with E-state index in [4.69, 9.17) is 0 Å². The monoisotopic (exact) mass is 316 g/mol. The van der Waals surface area contributed by atoms with Gasteiger partial charge in [0.25, 0.3) is 5.91 Å². The van der Waals surface area contributed by atoms with Gasteiger partial charge in [0.15, 0.2) is 0 Å². The highest BCUT2D eigenvalue weighted by Gasteiger charge is 2.07. The molecule has 1 heterocycles. The maximum Gasteiger partial charge on any atom is 0.252 e. The Morgan fingerprint density at radius 2 is 2.00 bits per heavy atom. The van der Waals surface area contributed by atoms with E-state index in [1.165, 1.54) is 11.3 Å². The van der Waals surface area contributed by atoms with Gasteiger partial charge in [0.2, 0.25) is 5.91 Å². The van der Waals surface area contributed by atoms with Crippen LogP contribution in [-0.2, 0) is 4.79 Å². The molecule has 0 saturated carbocycles. The minimum absolute atomic E-state index is 0.0292. The molecule has 0 aliphatic rings. The molecule has 2 N–H and O–H groups in total. The van der Waals surface area contributed by atoms with E-state index in [1.54, 1.807) is 6.07 Å². The number of benzene rings is 1. The molecule has 1 aromatic carbocycles. The number of aryl methyl sites for hydroxylation is 1. The van der Waals surface area contributed by atoms with Crippen LogP contribution in [0, 0.1) is 13.8 Å². The molecule has 22 heavy (non-hydrogen) atoms. The summed E-state index contributed by atoms with van der Waals surface area (Å²) in [7, 11) is 0. The van der Waals surface area contributed by atoms with Crippen molar-refractivity contribution in [3.8, 4) is 0 Å². The van der Waals surface area contributed by atoms with Gasteiger partial charge in [0, 0.05) is 29.6 Å². The molecule has 0 unspecified atom stereocenters. The van der Waals surface area contributed by atoms with Gasteiger partial charge in [0.1, 0.15) is 0 Å². The van der Waals surface area contributed by atoms with Crippen molar-refractivity contribution >= 4 is 28.8 Å². The molecule has 2 amide bonds. The summed E-state index contributed by atoms with van der Waals surface area (Å²) < 4.78 is 0. The first-order chi connectivity index (χ1) is 10.6. The second-order valence-electron chi connectivity index (χ2n) is 5.17. The third-order valence-electron chi connectivity index (χ3n) is 3.53. The van der Waals surface area contributed by atoms with Crippen LogP contribution >= 0.6 is 11.3 Å². The number of hydrogen-bond donors (Lipinski definition) is 2. The summed E-state index contributed by atoms with van der Waals surface area (Å²) in [5.41, 5.74) is 3.76. The van der Waals surface area contributed by atoms with Crippen molar-refractivity contribution in [2.45, 2.75) is 26.7 Å². The van der Waals surface area contributed by atoms with Crippen LogP contribution in [0.3, 0.4) is 0 Å². The molecule has 0 atom stereocenters. The third kappa shape index (κ3) is 4.43. The normalized spacial score (nSPS) is 10.3. The van der Waals surface area contributed by atoms with Crippen LogP contribution < -0.4 is 10.6 Å². The van der Waals surface area contributed by atoms with Crippen molar-refractivity contribution in [3.63, 3.8) is 0 Å². The van der Waals surface area contributed by atoms with Crippen LogP contribution in [0.2, 0.25) is 0 Å². The van der Waals surface area contributed by atoms with Gasteiger partial charge in [-0.25, -0.2) is 0 Å². The number of carbonyl (C=O) groups excluding carboxylic acids is 2. The summed E-state index contributed by atoms with van der Waals surface area (Å²) >= 11 is 1.49. The van der Waals surface area contributed by atoms with Crippen LogP contribution in [0.4, 0.5) is 5.69 Å². The van der Waals surface area contributed by atoms with Crippen LogP contribution in [0.15, 0.2) is 35.0 Å². The van der Waals surface area contributed by atoms with E-state index in [-0.39, 0.29) is 11.8 Å². The Balaban J connectivity index is 1.72. The summed E-state index contributed by atoms with van der Waals surface area (Å²) in [6.45, 7) is 4.51. The lowest BCUT2D eigenvalue weighted by Crippen LogP contribution is -2.25. The van der Waals surface area contributed by atoms with Crippen molar-refractivity contribution in [1.82, 2.24) is 5.32 Å². The van der Waals surface area contributed by atoms with E-state index in [0.717, 1.165) is 16.8 Å². The number of carbonyl (C=O) groups is 2. The first-order valence-electron chi connectivity index (χ1n) is 7.24. The number of thiophene rings is 1. The molecule has 116 valence electrons. The number of rotatable bonds is 6. The zero-order valence-corrected chi connectivity index (χ0v) is 13.6. The van der Waals surface area contributed by atoms with Crippen LogP contribution in [0.1, 0.15) is 34.3 Å². The van der Waals surface area contributed by atoms with Gasteiger partial charge in [-0.2, -0.15) is 11.3 Å². The Hall–Kier alpha value is -2.14. The van der Waals surface area contributed by atoms with E-state index < -0.39 is 0 Å². The predicted octanol–water partition coefficient (Wildman–Crippen LogP) is 3.51. The van der Waals surface area contributed by atoms with Gasteiger partial charge in [-0.3, -0.25) is 9.59 Å². The Bertz CT molecular complexity index is 651. The molecule has 0 bridgehead atoms. The maximum absolute atomic E-state index is 11.9. The van der Waals surface area contributed by atoms with Gasteiger partial charge in [0.05, 0.1) is 0 Å². The summed E-state index contributed by atoms with van der Waals surface area (Å²) in [5, 5.41) is 9.40. The highest BCUT2D eigenvalue weighted by Crippen LogP contribution is 2.18. The standard InChI is InChI=1S/C17H20N2O2S/c1-12-5-3-6-15(13(12)2)19-16(20)7-4-9-18-17(21)14-8-10-22-11-14/h3,5-6,8,10-11H,4,7,9H2,1-2H3,(H,18,21)(H,19,20). The van der Waals surface area contributed by atoms with Crippen molar-refractivity contribution < 1.29 is 9.59 Å². The molecule has 5 heteroatoms. The van der Waals surface area contributed by atoms with E-state index in [2.05, 4.69) is 10.6 Å². The summed E-state index contributed by atoms with van der Waals surface area (Å²) in [4.78, 5) is 23.6. The van der Waals surface area contributed by atoms with E-state index in [9.17, 15) is 9.59 Å². The molecule has 0 radical (unpaired) electrons. The average molecular weight is 316 g/mol. The fourth-order valence-electron chi connectivity index (χ4n) is 2.05. The average Bonchev–Trinajstić information content (AvgIpc) is 3.02. The number of anilines is 1. The van der Waals surface area contributed by atoms with Gasteiger partial charge < -0.3 is 10.6 Å². The summed E-state index contributed by atoms with van der Waals surface area (Å²) in [6, 6.07) is 7.63. The Morgan fingerprint density at radius 1 is 1.18 bits per heavy atom. The van der Waals surface area contributed by atoms with Crippen LogP contribution in [0.5, 0.6) is 0 Å². The fourth-order valence-corrected chi connectivity index (χ4v) is 2.68. The van der Waals surface area contributed by atoms with Gasteiger partial charge in [-0.05, 0) is 48.9 Å². The Kier molecular flexibility index (Phi) is 5.72. The zero-order chi connectivity index (χ0) is 15.9. The highest BCUT2D eigenvalue weighted by molar-refractivity contribution is 7.08. The molecular weight excluding hydrogens is 296 g/mol. The Labute approximate surface area is 134 Å². The SMILES string of the molecule is Cc1cccc(NC(=O)CCCNC(=O)c2ccsc2)c1C. The Morgan fingerprint density at radius 3 is 2.73 bits per heavy atom. The maximum atomic E-state index is 11.9. The van der Waals surface area contributed by atoms with Gasteiger partial charge in [-0.15, -0.1) is 0 Å². The number of amides is 2. The van der Waals surface area contributed by atoms with Crippen molar-refractivity contribution in [2.75, 3.05) is 11.9 Å². The quantitative estimate of drug-likeness (QED) is 0.801. The zero-order valence-electron chi connectivity index (χ0n) is 12.8. The lowest BCUT2D eigenvalue weighted by atomic mass is 10.1. The highest BCUT2D eigenvalue weighted by atomic mass is 32.1. The minimum Gasteiger partial charge on any atom is -0.352 e. The largest absolute Gasteiger partial charge is 0.352 e. The van der Waals surface area contributed by atoms with Crippen molar-refractivity contribution in [2.24, 2.45) is 0 Å². The van der Waals surface area contributed by atoms with Gasteiger partial charge in [-0.1, -0.05) is 12.1 Å². The summed E-state index contributed by atoms with van der Waals surface area (Å²) in [6.07, 6.45) is 1.00. The molecule has 2 aromatic rings. The van der Waals surface area contributed by atoms with E-state index >= 15 is 0 Å². The van der Waals surface area contributed by atoms with Gasteiger partial charge >= 0.3 is 0 Å². The second kappa shape index (κ2) is 7.75. The molecule has 0 aliphatic carbocycles. The molecule has 0 spiro atoms. The third-order valence-corrected chi connectivity index (χ3v) is 4.21. The smallest absolute Gasteiger partial charge is 0.252 e. The van der Waals surface area contributed by atoms with Crippen LogP contribution in [0.25, 0.3) is 0 Å². The van der Waals surface area contributed by atoms with Crippen molar-refractivity contribution in [1.29, 1.82) is 0 Å². The van der Waals surface area contributed by atoms with Crippen molar-refractivity contribution in [3.05, 3.63) is 51.7 Å². The lowest BCUT2D eigenvalue weighted by Gasteiger charge is -2.10. The number of hydrogen-bond acceptors (Lipinski definition) is 3. The first kappa shape index (κ1) is 16.2. The topological polar surface area (TPSA) is 58.2 Å². The first-order valence-corrected chi connectivity index (χ1v) is 8.18. The van der Waals surface area contributed by atoms with E-state index in [0.29, 0.717) is 24.9 Å². The predicted molar refractivity (Wildman–Crippen MR) is 90.4 cm³/mol. The molecule has 1 aromatic heterocycles. The van der Waals surface area contributed by atoms with E-state index in [1.807, 2.05) is 42.8 Å². The molecule has 0 fully saturated rings. The fraction of sp³-hybridized carbons (Fsp3) is 0.294. The number of nitrogens with one attached hydrogen (secondary N) is 2. The van der Waals surface area contributed by atoms with Crippen LogP contribution in [-0.4, -0.2) is 18.4 Å².